The summed E-state index contributed by atoms with van der Waals surface area (Å²) < 4.78 is 5.84. The van der Waals surface area contributed by atoms with E-state index in [1.54, 1.807) is 4.90 Å². The number of aromatic nitrogens is 2. The van der Waals surface area contributed by atoms with E-state index in [4.69, 9.17) is 9.51 Å². The maximum atomic E-state index is 13.4. The highest BCUT2D eigenvalue weighted by molar-refractivity contribution is 5.87. The third kappa shape index (κ3) is 4.92. The molecule has 0 saturated heterocycles. The zero-order valence-corrected chi connectivity index (χ0v) is 22.0. The van der Waals surface area contributed by atoms with Crippen LogP contribution in [0.1, 0.15) is 59.2 Å². The number of hydrogen-bond acceptors (Lipinski definition) is 4. The van der Waals surface area contributed by atoms with E-state index in [1.807, 2.05) is 19.1 Å². The van der Waals surface area contributed by atoms with Gasteiger partial charge >= 0.3 is 6.03 Å². The van der Waals surface area contributed by atoms with Crippen molar-refractivity contribution in [3.8, 4) is 11.4 Å². The van der Waals surface area contributed by atoms with E-state index < -0.39 is 6.04 Å². The lowest BCUT2D eigenvalue weighted by atomic mass is 9.92. The average Bonchev–Trinajstić information content (AvgIpc) is 3.38. The highest BCUT2D eigenvalue weighted by Gasteiger charge is 2.36. The standard InChI is InChI=1S/C31H32N4O2/c1-6-23-12-15-25(16-13-23)29-33-30(37-34-29)27-22(5)35(18-24-10-7-19(2)8-11-24)31(36)32-28(27)26-14-9-20(3)21(4)17-26/h7-17,28H,6,18H2,1-5H3,(H,32,36). The van der Waals surface area contributed by atoms with Gasteiger partial charge in [-0.3, -0.25) is 4.90 Å². The minimum absolute atomic E-state index is 0.153. The van der Waals surface area contributed by atoms with Gasteiger partial charge in [-0.25, -0.2) is 4.79 Å². The molecule has 188 valence electrons. The van der Waals surface area contributed by atoms with Crippen molar-refractivity contribution in [1.29, 1.82) is 0 Å². The third-order valence-electron chi connectivity index (χ3n) is 7.20. The maximum absolute atomic E-state index is 13.4. The van der Waals surface area contributed by atoms with Crippen molar-refractivity contribution in [3.63, 3.8) is 0 Å². The highest BCUT2D eigenvalue weighted by atomic mass is 16.5. The molecule has 0 fully saturated rings. The van der Waals surface area contributed by atoms with Gasteiger partial charge in [0.05, 0.1) is 18.2 Å². The van der Waals surface area contributed by atoms with Crippen LogP contribution in [0.15, 0.2) is 77.0 Å². The summed E-state index contributed by atoms with van der Waals surface area (Å²) in [5.41, 5.74) is 9.31. The molecule has 4 aromatic rings. The van der Waals surface area contributed by atoms with Gasteiger partial charge in [-0.15, -0.1) is 0 Å². The van der Waals surface area contributed by atoms with Crippen LogP contribution >= 0.6 is 0 Å². The summed E-state index contributed by atoms with van der Waals surface area (Å²) in [6.45, 7) is 10.7. The largest absolute Gasteiger partial charge is 0.334 e. The molecule has 0 bridgehead atoms. The van der Waals surface area contributed by atoms with Crippen LogP contribution in [0.3, 0.4) is 0 Å². The summed E-state index contributed by atoms with van der Waals surface area (Å²) >= 11 is 0. The van der Waals surface area contributed by atoms with Crippen molar-refractivity contribution in [2.75, 3.05) is 0 Å². The van der Waals surface area contributed by atoms with Gasteiger partial charge in [-0.05, 0) is 61.9 Å². The van der Waals surface area contributed by atoms with Crippen LogP contribution in [0.25, 0.3) is 17.0 Å². The Kier molecular flexibility index (Phi) is 6.66. The van der Waals surface area contributed by atoms with Crippen molar-refractivity contribution in [2.45, 2.75) is 53.6 Å². The van der Waals surface area contributed by atoms with E-state index in [9.17, 15) is 4.79 Å². The number of nitrogens with one attached hydrogen (secondary N) is 1. The lowest BCUT2D eigenvalue weighted by Gasteiger charge is -2.35. The van der Waals surface area contributed by atoms with E-state index in [1.165, 1.54) is 16.7 Å². The number of benzene rings is 3. The van der Waals surface area contributed by atoms with Gasteiger partial charge < -0.3 is 9.84 Å². The molecule has 1 unspecified atom stereocenters. The Bertz CT molecular complexity index is 1470. The van der Waals surface area contributed by atoms with Crippen LogP contribution in [0, 0.1) is 20.8 Å². The van der Waals surface area contributed by atoms with Crippen LogP contribution in [0.4, 0.5) is 4.79 Å². The topological polar surface area (TPSA) is 71.3 Å². The third-order valence-corrected chi connectivity index (χ3v) is 7.20. The molecule has 5 rings (SSSR count). The zero-order chi connectivity index (χ0) is 26.1. The Morgan fingerprint density at radius 2 is 1.59 bits per heavy atom. The van der Waals surface area contributed by atoms with Crippen LogP contribution in [0.2, 0.25) is 0 Å². The Morgan fingerprint density at radius 3 is 2.27 bits per heavy atom. The molecule has 0 aliphatic carbocycles. The number of carbonyl (C=O) groups is 1. The monoisotopic (exact) mass is 492 g/mol. The summed E-state index contributed by atoms with van der Waals surface area (Å²) in [5, 5.41) is 7.50. The Labute approximate surface area is 218 Å². The van der Waals surface area contributed by atoms with E-state index in [-0.39, 0.29) is 6.03 Å². The molecular formula is C31H32N4O2. The molecule has 1 aliphatic heterocycles. The molecule has 1 aromatic heterocycles. The summed E-state index contributed by atoms with van der Waals surface area (Å²) in [6, 6.07) is 22.1. The molecule has 6 heteroatoms. The predicted octanol–water partition coefficient (Wildman–Crippen LogP) is 6.92. The normalized spacial score (nSPS) is 15.8. The number of aryl methyl sites for hydroxylation is 4. The summed E-state index contributed by atoms with van der Waals surface area (Å²) in [4.78, 5) is 19.9. The molecule has 1 atom stereocenters. The molecule has 0 saturated carbocycles. The van der Waals surface area contributed by atoms with Crippen molar-refractivity contribution < 1.29 is 9.32 Å². The lowest BCUT2D eigenvalue weighted by molar-refractivity contribution is 0.203. The van der Waals surface area contributed by atoms with E-state index in [0.717, 1.165) is 39.9 Å². The molecule has 6 nitrogen and oxygen atoms in total. The second kappa shape index (κ2) is 10.1. The first kappa shape index (κ1) is 24.5. The number of carbonyl (C=O) groups excluding carboxylic acids is 1. The van der Waals surface area contributed by atoms with E-state index in [2.05, 4.69) is 92.8 Å². The highest BCUT2D eigenvalue weighted by Crippen LogP contribution is 2.38. The molecule has 1 N–H and O–H groups in total. The van der Waals surface area contributed by atoms with Crippen molar-refractivity contribution in [3.05, 3.63) is 112 Å². The Hall–Kier alpha value is -4.19. The maximum Gasteiger partial charge on any atom is 0.322 e. The molecule has 2 amide bonds. The first-order valence-corrected chi connectivity index (χ1v) is 12.7. The summed E-state index contributed by atoms with van der Waals surface area (Å²) in [5.74, 6) is 0.933. The van der Waals surface area contributed by atoms with E-state index in [0.29, 0.717) is 18.3 Å². The van der Waals surface area contributed by atoms with E-state index >= 15 is 0 Å². The van der Waals surface area contributed by atoms with Crippen molar-refractivity contribution >= 4 is 11.6 Å². The molecule has 37 heavy (non-hydrogen) atoms. The van der Waals surface area contributed by atoms with Gasteiger partial charge in [-0.1, -0.05) is 84.4 Å². The smallest absolute Gasteiger partial charge is 0.322 e. The van der Waals surface area contributed by atoms with Crippen molar-refractivity contribution in [1.82, 2.24) is 20.4 Å². The fourth-order valence-electron chi connectivity index (χ4n) is 4.66. The number of hydrogen-bond donors (Lipinski definition) is 1. The molecular weight excluding hydrogens is 460 g/mol. The van der Waals surface area contributed by atoms with Gasteiger partial charge in [0.25, 0.3) is 5.89 Å². The second-order valence-corrected chi connectivity index (χ2v) is 9.77. The fourth-order valence-corrected chi connectivity index (χ4v) is 4.66. The first-order chi connectivity index (χ1) is 17.8. The van der Waals surface area contributed by atoms with Gasteiger partial charge in [0.1, 0.15) is 0 Å². The minimum Gasteiger partial charge on any atom is -0.334 e. The second-order valence-electron chi connectivity index (χ2n) is 9.77. The SMILES string of the molecule is CCc1ccc(-c2noc(C3=C(C)N(Cc4ccc(C)cc4)C(=O)NC3c3ccc(C)c(C)c3)n2)cc1. The fraction of sp³-hybridized carbons (Fsp3) is 0.258. The lowest BCUT2D eigenvalue weighted by Crippen LogP contribution is -2.45. The van der Waals surface area contributed by atoms with Crippen LogP contribution in [-0.2, 0) is 13.0 Å². The number of urea groups is 1. The molecule has 0 radical (unpaired) electrons. The van der Waals surface area contributed by atoms with Crippen LogP contribution in [-0.4, -0.2) is 21.1 Å². The Morgan fingerprint density at radius 1 is 0.892 bits per heavy atom. The predicted molar refractivity (Wildman–Crippen MR) is 146 cm³/mol. The summed E-state index contributed by atoms with van der Waals surface area (Å²) in [7, 11) is 0. The molecule has 2 heterocycles. The van der Waals surface area contributed by atoms with Gasteiger partial charge in [-0.2, -0.15) is 4.98 Å². The van der Waals surface area contributed by atoms with Gasteiger partial charge in [0.2, 0.25) is 5.82 Å². The number of rotatable bonds is 6. The number of allylic oxidation sites excluding steroid dienone is 1. The Balaban J connectivity index is 1.58. The molecule has 3 aromatic carbocycles. The minimum atomic E-state index is -0.406. The zero-order valence-electron chi connectivity index (χ0n) is 22.0. The first-order valence-electron chi connectivity index (χ1n) is 12.7. The molecule has 1 aliphatic rings. The quantitative estimate of drug-likeness (QED) is 0.317. The number of amides is 2. The van der Waals surface area contributed by atoms with Crippen LogP contribution in [0.5, 0.6) is 0 Å². The number of nitrogens with zero attached hydrogens (tertiary/aromatic N) is 3. The summed E-state index contributed by atoms with van der Waals surface area (Å²) in [6.07, 6.45) is 0.970. The van der Waals surface area contributed by atoms with Gasteiger partial charge in [0, 0.05) is 11.3 Å². The van der Waals surface area contributed by atoms with Gasteiger partial charge in [0.15, 0.2) is 0 Å². The average molecular weight is 493 g/mol. The molecule has 0 spiro atoms. The van der Waals surface area contributed by atoms with Crippen molar-refractivity contribution in [2.24, 2.45) is 0 Å². The van der Waals surface area contributed by atoms with Crippen LogP contribution < -0.4 is 5.32 Å².